The molecule has 4 nitrogen and oxygen atoms in total. The topological polar surface area (TPSA) is 50.7 Å². The Morgan fingerprint density at radius 3 is 2.42 bits per heavy atom. The molecule has 2 aromatic heterocycles. The Hall–Kier alpha value is -2.27. The number of aryl methyl sites for hydroxylation is 1. The van der Waals surface area contributed by atoms with Gasteiger partial charge >= 0.3 is 0 Å². The van der Waals surface area contributed by atoms with Crippen LogP contribution in [0.3, 0.4) is 0 Å². The largest absolute Gasteiger partial charge is 0.324 e. The molecule has 0 atom stereocenters. The van der Waals surface area contributed by atoms with Gasteiger partial charge in [0.25, 0.3) is 0 Å². The standard InChI is InChI=1S/C14H12N4S/c1-10-17-13(9-19-10)11-3-5-12(6-4-11)18-14-15-7-2-8-16-14/h2-9H,1H3,(H,15,16,18). The van der Waals surface area contributed by atoms with Crippen molar-refractivity contribution in [3.63, 3.8) is 0 Å². The molecule has 19 heavy (non-hydrogen) atoms. The van der Waals surface area contributed by atoms with E-state index >= 15 is 0 Å². The van der Waals surface area contributed by atoms with Gasteiger partial charge in [-0.15, -0.1) is 11.3 Å². The van der Waals surface area contributed by atoms with Crippen LogP contribution in [0.15, 0.2) is 48.1 Å². The summed E-state index contributed by atoms with van der Waals surface area (Å²) in [6.45, 7) is 2.01. The van der Waals surface area contributed by atoms with Gasteiger partial charge in [0.05, 0.1) is 10.7 Å². The van der Waals surface area contributed by atoms with Crippen molar-refractivity contribution < 1.29 is 0 Å². The van der Waals surface area contributed by atoms with Gasteiger partial charge < -0.3 is 5.32 Å². The van der Waals surface area contributed by atoms with E-state index < -0.39 is 0 Å². The van der Waals surface area contributed by atoms with Crippen molar-refractivity contribution in [2.75, 3.05) is 5.32 Å². The molecular formula is C14H12N4S. The molecule has 0 aliphatic carbocycles. The molecule has 0 saturated heterocycles. The molecule has 1 N–H and O–H groups in total. The summed E-state index contributed by atoms with van der Waals surface area (Å²) in [4.78, 5) is 12.7. The third-order valence-electron chi connectivity index (χ3n) is 2.62. The summed E-state index contributed by atoms with van der Waals surface area (Å²) >= 11 is 1.66. The molecule has 0 fully saturated rings. The fourth-order valence-electron chi connectivity index (χ4n) is 1.71. The first-order valence-corrected chi connectivity index (χ1v) is 6.76. The van der Waals surface area contributed by atoms with Crippen LogP contribution in [0.1, 0.15) is 5.01 Å². The van der Waals surface area contributed by atoms with Crippen LogP contribution >= 0.6 is 11.3 Å². The highest BCUT2D eigenvalue weighted by molar-refractivity contribution is 7.09. The highest BCUT2D eigenvalue weighted by Gasteiger charge is 2.02. The zero-order valence-corrected chi connectivity index (χ0v) is 11.2. The van der Waals surface area contributed by atoms with Crippen LogP contribution < -0.4 is 5.32 Å². The summed E-state index contributed by atoms with van der Waals surface area (Å²) in [6.07, 6.45) is 3.42. The van der Waals surface area contributed by atoms with Crippen molar-refractivity contribution in [1.29, 1.82) is 0 Å². The van der Waals surface area contributed by atoms with Crippen LogP contribution in [0.2, 0.25) is 0 Å². The molecule has 0 unspecified atom stereocenters. The molecule has 0 bridgehead atoms. The predicted octanol–water partition coefficient (Wildman–Crippen LogP) is 3.65. The average molecular weight is 268 g/mol. The second-order valence-electron chi connectivity index (χ2n) is 4.03. The summed E-state index contributed by atoms with van der Waals surface area (Å²) in [5.74, 6) is 0.597. The molecule has 0 radical (unpaired) electrons. The average Bonchev–Trinajstić information content (AvgIpc) is 2.87. The van der Waals surface area contributed by atoms with Crippen LogP contribution in [-0.2, 0) is 0 Å². The van der Waals surface area contributed by atoms with Crippen molar-refractivity contribution in [1.82, 2.24) is 15.0 Å². The van der Waals surface area contributed by atoms with E-state index in [9.17, 15) is 0 Å². The van der Waals surface area contributed by atoms with E-state index in [4.69, 9.17) is 0 Å². The minimum Gasteiger partial charge on any atom is -0.324 e. The number of hydrogen-bond donors (Lipinski definition) is 1. The number of benzene rings is 1. The summed E-state index contributed by atoms with van der Waals surface area (Å²) in [6, 6.07) is 9.87. The summed E-state index contributed by atoms with van der Waals surface area (Å²) < 4.78 is 0. The minimum absolute atomic E-state index is 0.597. The van der Waals surface area contributed by atoms with Crippen LogP contribution in [0.4, 0.5) is 11.6 Å². The highest BCUT2D eigenvalue weighted by Crippen LogP contribution is 2.23. The molecular weight excluding hydrogens is 256 g/mol. The van der Waals surface area contributed by atoms with Crippen LogP contribution in [0, 0.1) is 6.92 Å². The van der Waals surface area contributed by atoms with Crippen molar-refractivity contribution >= 4 is 23.0 Å². The second kappa shape index (κ2) is 5.16. The van der Waals surface area contributed by atoms with Crippen molar-refractivity contribution in [2.45, 2.75) is 6.92 Å². The first-order chi connectivity index (χ1) is 9.31. The maximum Gasteiger partial charge on any atom is 0.227 e. The van der Waals surface area contributed by atoms with Crippen molar-refractivity contribution in [3.05, 3.63) is 53.1 Å². The van der Waals surface area contributed by atoms with Crippen LogP contribution in [0.25, 0.3) is 11.3 Å². The SMILES string of the molecule is Cc1nc(-c2ccc(Nc3ncccn3)cc2)cs1. The monoisotopic (exact) mass is 268 g/mol. The zero-order chi connectivity index (χ0) is 13.1. The number of hydrogen-bond acceptors (Lipinski definition) is 5. The Morgan fingerprint density at radius 2 is 1.79 bits per heavy atom. The molecule has 0 amide bonds. The summed E-state index contributed by atoms with van der Waals surface area (Å²) in [7, 11) is 0. The third-order valence-corrected chi connectivity index (χ3v) is 3.40. The molecule has 0 spiro atoms. The van der Waals surface area contributed by atoms with E-state index in [1.807, 2.05) is 31.2 Å². The number of nitrogens with one attached hydrogen (secondary N) is 1. The van der Waals surface area contributed by atoms with Gasteiger partial charge in [0.15, 0.2) is 0 Å². The molecule has 0 aliphatic rings. The highest BCUT2D eigenvalue weighted by atomic mass is 32.1. The number of rotatable bonds is 3. The van der Waals surface area contributed by atoms with Crippen molar-refractivity contribution in [2.24, 2.45) is 0 Å². The van der Waals surface area contributed by atoms with E-state index in [-0.39, 0.29) is 0 Å². The predicted molar refractivity (Wildman–Crippen MR) is 77.6 cm³/mol. The fraction of sp³-hybridized carbons (Fsp3) is 0.0714. The van der Waals surface area contributed by atoms with E-state index in [1.165, 1.54) is 0 Å². The van der Waals surface area contributed by atoms with Crippen molar-refractivity contribution in [3.8, 4) is 11.3 Å². The summed E-state index contributed by atoms with van der Waals surface area (Å²) in [5, 5.41) is 6.29. The normalized spacial score (nSPS) is 10.4. The first-order valence-electron chi connectivity index (χ1n) is 5.88. The Labute approximate surface area is 115 Å². The second-order valence-corrected chi connectivity index (χ2v) is 5.09. The quantitative estimate of drug-likeness (QED) is 0.787. The smallest absolute Gasteiger partial charge is 0.227 e. The van der Waals surface area contributed by atoms with E-state index in [1.54, 1.807) is 29.8 Å². The Morgan fingerprint density at radius 1 is 1.05 bits per heavy atom. The van der Waals surface area contributed by atoms with Gasteiger partial charge in [0.1, 0.15) is 0 Å². The molecule has 94 valence electrons. The molecule has 0 saturated carbocycles. The number of nitrogens with zero attached hydrogens (tertiary/aromatic N) is 3. The maximum atomic E-state index is 4.47. The maximum absolute atomic E-state index is 4.47. The van der Waals surface area contributed by atoms with Crippen LogP contribution in [0.5, 0.6) is 0 Å². The lowest BCUT2D eigenvalue weighted by Crippen LogP contribution is -1.95. The Bertz CT molecular complexity index is 661. The van der Waals surface area contributed by atoms with Crippen LogP contribution in [-0.4, -0.2) is 15.0 Å². The fourth-order valence-corrected chi connectivity index (χ4v) is 2.34. The lowest BCUT2D eigenvalue weighted by molar-refractivity contribution is 1.17. The van der Waals surface area contributed by atoms with Gasteiger partial charge in [-0.2, -0.15) is 0 Å². The number of thiazole rings is 1. The Kier molecular flexibility index (Phi) is 3.20. The third kappa shape index (κ3) is 2.77. The van der Waals surface area contributed by atoms with E-state index in [2.05, 4.69) is 25.6 Å². The molecule has 3 rings (SSSR count). The van der Waals surface area contributed by atoms with Gasteiger partial charge in [-0.25, -0.2) is 15.0 Å². The summed E-state index contributed by atoms with van der Waals surface area (Å²) in [5.41, 5.74) is 3.09. The molecule has 5 heteroatoms. The molecule has 1 aromatic carbocycles. The first kappa shape index (κ1) is 11.8. The van der Waals surface area contributed by atoms with Gasteiger partial charge in [-0.1, -0.05) is 12.1 Å². The van der Waals surface area contributed by atoms with E-state index in [0.717, 1.165) is 22.0 Å². The van der Waals surface area contributed by atoms with Gasteiger partial charge in [-0.05, 0) is 25.1 Å². The van der Waals surface area contributed by atoms with Gasteiger partial charge in [0, 0.05) is 29.0 Å². The van der Waals surface area contributed by atoms with Gasteiger partial charge in [0.2, 0.25) is 5.95 Å². The Balaban J connectivity index is 1.79. The molecule has 2 heterocycles. The minimum atomic E-state index is 0.597. The molecule has 3 aromatic rings. The molecule has 0 aliphatic heterocycles. The number of anilines is 2. The zero-order valence-electron chi connectivity index (χ0n) is 10.4. The lowest BCUT2D eigenvalue weighted by atomic mass is 10.1. The van der Waals surface area contributed by atoms with Gasteiger partial charge in [-0.3, -0.25) is 0 Å². The van der Waals surface area contributed by atoms with E-state index in [0.29, 0.717) is 5.95 Å². The lowest BCUT2D eigenvalue weighted by Gasteiger charge is -2.04. The number of aromatic nitrogens is 3.